The molecule has 0 aliphatic carbocycles. The predicted molar refractivity (Wildman–Crippen MR) is 143 cm³/mol. The number of fused-ring (bicyclic) bond motifs is 1. The smallest absolute Gasteiger partial charge is 0.410 e. The van der Waals surface area contributed by atoms with Crippen LogP contribution in [-0.2, 0) is 4.74 Å². The summed E-state index contributed by atoms with van der Waals surface area (Å²) in [6, 6.07) is 6.14. The first-order valence-electron chi connectivity index (χ1n) is 12.8. The van der Waals surface area contributed by atoms with Crippen molar-refractivity contribution in [1.29, 1.82) is 0 Å². The Hall–Kier alpha value is -2.85. The average molecular weight is 516 g/mol. The van der Waals surface area contributed by atoms with Crippen molar-refractivity contribution in [1.82, 2.24) is 20.0 Å². The SMILES string of the molecule is CCNC(=O)Nc1sc2cc(C)ccc2c1C(=O)N1CCN(C2CCN(C(=O)OC(C)C)CC2)CC1. The van der Waals surface area contributed by atoms with E-state index < -0.39 is 0 Å². The van der Waals surface area contributed by atoms with Gasteiger partial charge in [-0.15, -0.1) is 11.3 Å². The number of benzene rings is 1. The van der Waals surface area contributed by atoms with Crippen molar-refractivity contribution in [3.05, 3.63) is 29.3 Å². The molecular formula is C26H37N5O4S. The Labute approximate surface area is 216 Å². The standard InChI is InChI=1S/C26H37N5O4S/c1-5-27-25(33)28-23-22(20-7-6-18(4)16-21(20)36-23)24(32)30-14-12-29(13-15-30)19-8-10-31(11-9-19)26(34)35-17(2)3/h6-7,16-17,19H,5,8-15H2,1-4H3,(H2,27,28,33). The molecule has 196 valence electrons. The van der Waals surface area contributed by atoms with Gasteiger partial charge in [0.25, 0.3) is 5.91 Å². The van der Waals surface area contributed by atoms with Crippen molar-refractivity contribution < 1.29 is 19.1 Å². The molecule has 0 atom stereocenters. The molecule has 36 heavy (non-hydrogen) atoms. The van der Waals surface area contributed by atoms with Crippen LogP contribution in [0.4, 0.5) is 14.6 Å². The van der Waals surface area contributed by atoms with E-state index in [9.17, 15) is 14.4 Å². The van der Waals surface area contributed by atoms with Crippen LogP contribution in [0, 0.1) is 6.92 Å². The lowest BCUT2D eigenvalue weighted by atomic mass is 10.0. The molecule has 0 bridgehead atoms. The fourth-order valence-corrected chi connectivity index (χ4v) is 6.14. The van der Waals surface area contributed by atoms with E-state index in [2.05, 4.69) is 21.6 Å². The molecule has 0 unspecified atom stereocenters. The number of ether oxygens (including phenoxy) is 1. The zero-order chi connectivity index (χ0) is 25.8. The Bertz CT molecular complexity index is 1100. The number of likely N-dealkylation sites (tertiary alicyclic amines) is 1. The molecule has 0 saturated carbocycles. The number of amides is 4. The normalized spacial score (nSPS) is 17.5. The second-order valence-corrected chi connectivity index (χ2v) is 10.8. The van der Waals surface area contributed by atoms with Crippen LogP contribution >= 0.6 is 11.3 Å². The first kappa shape index (κ1) is 26.2. The van der Waals surface area contributed by atoms with Crippen molar-refractivity contribution in [2.24, 2.45) is 0 Å². The molecule has 2 saturated heterocycles. The highest BCUT2D eigenvalue weighted by atomic mass is 32.1. The Balaban J connectivity index is 1.40. The second-order valence-electron chi connectivity index (χ2n) is 9.77. The summed E-state index contributed by atoms with van der Waals surface area (Å²) in [7, 11) is 0. The largest absolute Gasteiger partial charge is 0.447 e. The van der Waals surface area contributed by atoms with Gasteiger partial charge in [0.15, 0.2) is 0 Å². The number of thiophene rings is 1. The van der Waals surface area contributed by atoms with Gasteiger partial charge in [0.2, 0.25) is 0 Å². The molecule has 4 rings (SSSR count). The number of carbonyl (C=O) groups excluding carboxylic acids is 3. The van der Waals surface area contributed by atoms with Gasteiger partial charge in [-0.05, 0) is 52.2 Å². The van der Waals surface area contributed by atoms with Crippen LogP contribution in [0.5, 0.6) is 0 Å². The van der Waals surface area contributed by atoms with Crippen LogP contribution in [0.3, 0.4) is 0 Å². The number of nitrogens with zero attached hydrogens (tertiary/aromatic N) is 3. The highest BCUT2D eigenvalue weighted by Crippen LogP contribution is 2.37. The van der Waals surface area contributed by atoms with E-state index in [1.54, 1.807) is 4.90 Å². The summed E-state index contributed by atoms with van der Waals surface area (Å²) in [5.41, 5.74) is 1.69. The highest BCUT2D eigenvalue weighted by Gasteiger charge is 2.32. The van der Waals surface area contributed by atoms with Crippen LogP contribution in [0.15, 0.2) is 18.2 Å². The van der Waals surface area contributed by atoms with Crippen molar-refractivity contribution >= 4 is 44.5 Å². The Morgan fingerprint density at radius 3 is 2.39 bits per heavy atom. The molecule has 10 heteroatoms. The summed E-state index contributed by atoms with van der Waals surface area (Å²) in [5, 5.41) is 7.12. The van der Waals surface area contributed by atoms with Crippen LogP contribution in [0.25, 0.3) is 10.1 Å². The lowest BCUT2D eigenvalue weighted by Gasteiger charge is -2.42. The maximum Gasteiger partial charge on any atom is 0.410 e. The number of nitrogens with one attached hydrogen (secondary N) is 2. The minimum Gasteiger partial charge on any atom is -0.447 e. The molecular weight excluding hydrogens is 478 g/mol. The van der Waals surface area contributed by atoms with Gasteiger partial charge in [0, 0.05) is 61.9 Å². The number of carbonyl (C=O) groups is 3. The van der Waals surface area contributed by atoms with Crippen LogP contribution in [0.2, 0.25) is 0 Å². The van der Waals surface area contributed by atoms with Gasteiger partial charge in [0.1, 0.15) is 5.00 Å². The summed E-state index contributed by atoms with van der Waals surface area (Å²) in [6.07, 6.45) is 1.49. The topological polar surface area (TPSA) is 94.2 Å². The van der Waals surface area contributed by atoms with E-state index in [0.29, 0.717) is 49.3 Å². The van der Waals surface area contributed by atoms with Gasteiger partial charge in [-0.2, -0.15) is 0 Å². The molecule has 2 aliphatic heterocycles. The number of piperazine rings is 1. The number of urea groups is 1. The minimum absolute atomic E-state index is 0.0391. The molecule has 2 aliphatic rings. The maximum atomic E-state index is 13.7. The van der Waals surface area contributed by atoms with E-state index in [1.165, 1.54) is 11.3 Å². The van der Waals surface area contributed by atoms with E-state index in [1.807, 2.05) is 44.7 Å². The molecule has 3 heterocycles. The number of anilines is 1. The first-order chi connectivity index (χ1) is 17.3. The quantitative estimate of drug-likeness (QED) is 0.625. The van der Waals surface area contributed by atoms with Crippen LogP contribution in [0.1, 0.15) is 49.5 Å². The van der Waals surface area contributed by atoms with E-state index in [0.717, 1.165) is 41.6 Å². The van der Waals surface area contributed by atoms with Crippen LogP contribution in [-0.4, -0.2) is 90.7 Å². The van der Waals surface area contributed by atoms with Crippen LogP contribution < -0.4 is 10.6 Å². The summed E-state index contributed by atoms with van der Waals surface area (Å²) in [4.78, 5) is 44.3. The predicted octanol–water partition coefficient (Wildman–Crippen LogP) is 4.12. The Kier molecular flexibility index (Phi) is 8.35. The molecule has 0 radical (unpaired) electrons. The zero-order valence-corrected chi connectivity index (χ0v) is 22.5. The average Bonchev–Trinajstić information content (AvgIpc) is 3.20. The fourth-order valence-electron chi connectivity index (χ4n) is 4.95. The van der Waals surface area contributed by atoms with Gasteiger partial charge in [-0.3, -0.25) is 15.0 Å². The third-order valence-corrected chi connectivity index (χ3v) is 7.87. The van der Waals surface area contributed by atoms with Gasteiger partial charge in [0.05, 0.1) is 11.7 Å². The Morgan fingerprint density at radius 2 is 1.75 bits per heavy atom. The number of piperidine rings is 1. The molecule has 0 spiro atoms. The molecule has 2 fully saturated rings. The molecule has 2 aromatic rings. The highest BCUT2D eigenvalue weighted by molar-refractivity contribution is 7.23. The zero-order valence-electron chi connectivity index (χ0n) is 21.6. The number of rotatable bonds is 5. The molecule has 4 amide bonds. The molecule has 1 aromatic heterocycles. The molecule has 1 aromatic carbocycles. The number of hydrogen-bond acceptors (Lipinski definition) is 6. The number of hydrogen-bond donors (Lipinski definition) is 2. The monoisotopic (exact) mass is 515 g/mol. The maximum absolute atomic E-state index is 13.7. The Morgan fingerprint density at radius 1 is 1.06 bits per heavy atom. The van der Waals surface area contributed by atoms with Gasteiger partial charge >= 0.3 is 12.1 Å². The minimum atomic E-state index is -0.303. The fraction of sp³-hybridized carbons (Fsp3) is 0.577. The van der Waals surface area contributed by atoms with Gasteiger partial charge in [-0.25, -0.2) is 9.59 Å². The lowest BCUT2D eigenvalue weighted by molar-refractivity contribution is 0.0360. The molecule has 9 nitrogen and oxygen atoms in total. The van der Waals surface area contributed by atoms with Gasteiger partial charge in [-0.1, -0.05) is 12.1 Å². The summed E-state index contributed by atoms with van der Waals surface area (Å²) in [5.74, 6) is -0.0391. The first-order valence-corrected chi connectivity index (χ1v) is 13.6. The third kappa shape index (κ3) is 5.92. The van der Waals surface area contributed by atoms with Crippen molar-refractivity contribution in [3.8, 4) is 0 Å². The summed E-state index contributed by atoms with van der Waals surface area (Å²) in [6.45, 7) is 12.4. The summed E-state index contributed by atoms with van der Waals surface area (Å²) < 4.78 is 6.32. The van der Waals surface area contributed by atoms with Gasteiger partial charge < -0.3 is 19.9 Å². The van der Waals surface area contributed by atoms with E-state index in [4.69, 9.17) is 4.74 Å². The van der Waals surface area contributed by atoms with Crippen molar-refractivity contribution in [2.45, 2.75) is 52.7 Å². The third-order valence-electron chi connectivity index (χ3n) is 6.80. The second kappa shape index (κ2) is 11.5. The summed E-state index contributed by atoms with van der Waals surface area (Å²) >= 11 is 1.44. The number of aryl methyl sites for hydroxylation is 1. The molecule has 2 N–H and O–H groups in total. The van der Waals surface area contributed by atoms with Crippen molar-refractivity contribution in [3.63, 3.8) is 0 Å². The lowest BCUT2D eigenvalue weighted by Crippen LogP contribution is -2.54. The van der Waals surface area contributed by atoms with Crippen molar-refractivity contribution in [2.75, 3.05) is 51.1 Å². The van der Waals surface area contributed by atoms with E-state index in [-0.39, 0.29) is 24.1 Å². The van der Waals surface area contributed by atoms with E-state index >= 15 is 0 Å².